The summed E-state index contributed by atoms with van der Waals surface area (Å²) in [7, 11) is 0. The fourth-order valence-electron chi connectivity index (χ4n) is 3.35. The Labute approximate surface area is 152 Å². The van der Waals surface area contributed by atoms with Crippen molar-refractivity contribution in [3.8, 4) is 0 Å². The molecule has 3 rings (SSSR count). The van der Waals surface area contributed by atoms with Gasteiger partial charge in [-0.15, -0.1) is 0 Å². The van der Waals surface area contributed by atoms with Crippen LogP contribution in [0.4, 0.5) is 5.69 Å². The molecule has 1 amide bonds. The highest BCUT2D eigenvalue weighted by Crippen LogP contribution is 2.22. The third-order valence-electron chi connectivity index (χ3n) is 4.67. The summed E-state index contributed by atoms with van der Waals surface area (Å²) in [6, 6.07) is 8.70. The lowest BCUT2D eigenvalue weighted by Gasteiger charge is -2.40. The molecule has 1 aromatic carbocycles. The summed E-state index contributed by atoms with van der Waals surface area (Å²) in [5, 5.41) is 14.0. The predicted octanol–water partition coefficient (Wildman–Crippen LogP) is 2.02. The maximum atomic E-state index is 12.9. The highest BCUT2D eigenvalue weighted by molar-refractivity contribution is 5.95. The zero-order valence-electron chi connectivity index (χ0n) is 15.1. The molecular weight excluding hydrogens is 332 g/mol. The number of benzene rings is 1. The summed E-state index contributed by atoms with van der Waals surface area (Å²) < 4.78 is 1.78. The smallest absolute Gasteiger partial charge is 0.328 e. The van der Waals surface area contributed by atoms with Gasteiger partial charge in [0.1, 0.15) is 6.04 Å². The van der Waals surface area contributed by atoms with Crippen LogP contribution in [-0.4, -0.2) is 57.3 Å². The zero-order valence-corrected chi connectivity index (χ0v) is 15.1. The van der Waals surface area contributed by atoms with Crippen molar-refractivity contribution >= 4 is 17.6 Å². The van der Waals surface area contributed by atoms with Crippen LogP contribution in [0.5, 0.6) is 0 Å². The minimum atomic E-state index is -0.926. The molecule has 1 N–H and O–H groups in total. The zero-order chi connectivity index (χ0) is 18.7. The first kappa shape index (κ1) is 18.0. The number of aromatic nitrogens is 2. The Bertz CT molecular complexity index is 787. The van der Waals surface area contributed by atoms with Gasteiger partial charge in [-0.1, -0.05) is 25.1 Å². The molecule has 0 spiro atoms. The van der Waals surface area contributed by atoms with Gasteiger partial charge in [0.15, 0.2) is 0 Å². The van der Waals surface area contributed by atoms with Crippen molar-refractivity contribution in [3.05, 3.63) is 47.8 Å². The summed E-state index contributed by atoms with van der Waals surface area (Å²) in [6.45, 7) is 5.74. The number of hydrogen-bond donors (Lipinski definition) is 1. The maximum Gasteiger partial charge on any atom is 0.328 e. The summed E-state index contributed by atoms with van der Waals surface area (Å²) in [5.41, 5.74) is 2.09. The molecule has 0 saturated carbocycles. The number of nitrogens with zero attached hydrogens (tertiary/aromatic N) is 4. The second kappa shape index (κ2) is 7.59. The van der Waals surface area contributed by atoms with E-state index in [1.54, 1.807) is 15.8 Å². The summed E-state index contributed by atoms with van der Waals surface area (Å²) in [6.07, 6.45) is 2.70. The lowest BCUT2D eigenvalue weighted by Crippen LogP contribution is -2.58. The van der Waals surface area contributed by atoms with Gasteiger partial charge in [0.2, 0.25) is 0 Å². The molecule has 0 radical (unpaired) electrons. The monoisotopic (exact) mass is 356 g/mol. The van der Waals surface area contributed by atoms with E-state index < -0.39 is 12.0 Å². The molecule has 1 atom stereocenters. The largest absolute Gasteiger partial charge is 0.480 e. The number of aliphatic carboxylic acids is 1. The average Bonchev–Trinajstić information content (AvgIpc) is 3.02. The fraction of sp³-hybridized carbons (Fsp3) is 0.421. The molecule has 2 aromatic rings. The van der Waals surface area contributed by atoms with Gasteiger partial charge in [0.05, 0.1) is 17.8 Å². The molecule has 0 aliphatic carbocycles. The number of carbonyl (C=O) groups is 2. The quantitative estimate of drug-likeness (QED) is 0.887. The third kappa shape index (κ3) is 3.56. The number of carboxylic acids is 1. The van der Waals surface area contributed by atoms with Crippen LogP contribution < -0.4 is 4.90 Å². The number of para-hydroxylation sites is 1. The van der Waals surface area contributed by atoms with E-state index in [1.165, 1.54) is 0 Å². The molecule has 0 bridgehead atoms. The molecule has 1 fully saturated rings. The molecule has 26 heavy (non-hydrogen) atoms. The van der Waals surface area contributed by atoms with Crippen molar-refractivity contribution in [2.24, 2.45) is 0 Å². The van der Waals surface area contributed by atoms with Crippen molar-refractivity contribution in [1.29, 1.82) is 0 Å². The van der Waals surface area contributed by atoms with Crippen LogP contribution in [0.15, 0.2) is 36.5 Å². The van der Waals surface area contributed by atoms with Gasteiger partial charge in [0, 0.05) is 31.5 Å². The number of carbonyl (C=O) groups excluding carboxylic acids is 1. The SMILES string of the molecule is CCCn1cc(C(=O)N2CCN(c3ccccc3)C(C(=O)O)C2)c(C)n1. The van der Waals surface area contributed by atoms with E-state index in [0.29, 0.717) is 24.3 Å². The first-order valence-electron chi connectivity index (χ1n) is 8.89. The number of piperazine rings is 1. The second-order valence-corrected chi connectivity index (χ2v) is 6.53. The van der Waals surface area contributed by atoms with Crippen molar-refractivity contribution in [3.63, 3.8) is 0 Å². The second-order valence-electron chi connectivity index (χ2n) is 6.53. The molecule has 1 aliphatic heterocycles. The molecular formula is C19H24N4O3. The van der Waals surface area contributed by atoms with Crippen molar-refractivity contribution in [2.75, 3.05) is 24.5 Å². The minimum absolute atomic E-state index is 0.149. The third-order valence-corrected chi connectivity index (χ3v) is 4.67. The summed E-state index contributed by atoms with van der Waals surface area (Å²) >= 11 is 0. The van der Waals surface area contributed by atoms with E-state index in [2.05, 4.69) is 12.0 Å². The Morgan fingerprint density at radius 3 is 2.62 bits per heavy atom. The predicted molar refractivity (Wildman–Crippen MR) is 98.4 cm³/mol. The number of amides is 1. The number of rotatable bonds is 5. The Morgan fingerprint density at radius 1 is 1.23 bits per heavy atom. The number of hydrogen-bond acceptors (Lipinski definition) is 4. The first-order valence-corrected chi connectivity index (χ1v) is 8.89. The minimum Gasteiger partial charge on any atom is -0.480 e. The summed E-state index contributed by atoms with van der Waals surface area (Å²) in [5.74, 6) is -1.08. The first-order chi connectivity index (χ1) is 12.5. The van der Waals surface area contributed by atoms with Crippen molar-refractivity contribution in [2.45, 2.75) is 32.9 Å². The molecule has 2 heterocycles. The van der Waals surface area contributed by atoms with Gasteiger partial charge >= 0.3 is 5.97 Å². The average molecular weight is 356 g/mol. The van der Waals surface area contributed by atoms with E-state index in [4.69, 9.17) is 0 Å². The van der Waals surface area contributed by atoms with Gasteiger partial charge in [-0.05, 0) is 25.5 Å². The maximum absolute atomic E-state index is 12.9. The highest BCUT2D eigenvalue weighted by atomic mass is 16.4. The van der Waals surface area contributed by atoms with E-state index >= 15 is 0 Å². The Kier molecular flexibility index (Phi) is 5.25. The van der Waals surface area contributed by atoms with E-state index in [9.17, 15) is 14.7 Å². The van der Waals surface area contributed by atoms with Crippen LogP contribution in [0, 0.1) is 6.92 Å². The molecule has 1 aliphatic rings. The van der Waals surface area contributed by atoms with Crippen LogP contribution in [0.2, 0.25) is 0 Å². The Balaban J connectivity index is 1.79. The van der Waals surface area contributed by atoms with E-state index in [-0.39, 0.29) is 12.5 Å². The number of carboxylic acid groups (broad SMARTS) is 1. The lowest BCUT2D eigenvalue weighted by atomic mass is 10.1. The van der Waals surface area contributed by atoms with Crippen LogP contribution >= 0.6 is 0 Å². The van der Waals surface area contributed by atoms with Gasteiger partial charge < -0.3 is 14.9 Å². The van der Waals surface area contributed by atoms with Crippen molar-refractivity contribution < 1.29 is 14.7 Å². The Hall–Kier alpha value is -2.83. The van der Waals surface area contributed by atoms with Gasteiger partial charge in [0.25, 0.3) is 5.91 Å². The van der Waals surface area contributed by atoms with Crippen LogP contribution in [0.3, 0.4) is 0 Å². The van der Waals surface area contributed by atoms with E-state index in [0.717, 1.165) is 18.7 Å². The molecule has 7 heteroatoms. The molecule has 1 unspecified atom stereocenters. The molecule has 1 saturated heterocycles. The van der Waals surface area contributed by atoms with Gasteiger partial charge in [-0.3, -0.25) is 9.48 Å². The highest BCUT2D eigenvalue weighted by Gasteiger charge is 2.35. The van der Waals surface area contributed by atoms with Gasteiger partial charge in [-0.2, -0.15) is 5.10 Å². The normalized spacial score (nSPS) is 17.4. The topological polar surface area (TPSA) is 78.7 Å². The number of anilines is 1. The van der Waals surface area contributed by atoms with Crippen LogP contribution in [0.25, 0.3) is 0 Å². The number of aryl methyl sites for hydroxylation is 2. The van der Waals surface area contributed by atoms with E-state index in [1.807, 2.05) is 42.2 Å². The van der Waals surface area contributed by atoms with Gasteiger partial charge in [-0.25, -0.2) is 4.79 Å². The Morgan fingerprint density at radius 2 is 1.96 bits per heavy atom. The summed E-state index contributed by atoms with van der Waals surface area (Å²) in [4.78, 5) is 28.2. The van der Waals surface area contributed by atoms with Crippen LogP contribution in [0.1, 0.15) is 29.4 Å². The van der Waals surface area contributed by atoms with Crippen LogP contribution in [-0.2, 0) is 11.3 Å². The molecule has 138 valence electrons. The molecule has 7 nitrogen and oxygen atoms in total. The fourth-order valence-corrected chi connectivity index (χ4v) is 3.35. The van der Waals surface area contributed by atoms with Crippen molar-refractivity contribution in [1.82, 2.24) is 14.7 Å². The molecule has 1 aromatic heterocycles. The standard InChI is InChI=1S/C19H24N4O3/c1-3-9-22-12-16(14(2)20-22)18(24)21-10-11-23(17(13-21)19(25)26)15-7-5-4-6-8-15/h4-8,12,17H,3,9-11,13H2,1-2H3,(H,25,26). The lowest BCUT2D eigenvalue weighted by molar-refractivity contribution is -0.139.